The highest BCUT2D eigenvalue weighted by Gasteiger charge is 2.09. The predicted octanol–water partition coefficient (Wildman–Crippen LogP) is 2.03. The number of likely N-dealkylation sites (N-methyl/N-ethyl adjacent to an activating group) is 1. The lowest BCUT2D eigenvalue weighted by Crippen LogP contribution is -2.13. The van der Waals surface area contributed by atoms with Gasteiger partial charge >= 0.3 is 0 Å². The lowest BCUT2D eigenvalue weighted by atomic mass is 10.1. The number of imidazole rings is 2. The van der Waals surface area contributed by atoms with Gasteiger partial charge < -0.3 is 14.9 Å². The van der Waals surface area contributed by atoms with Crippen LogP contribution in [-0.4, -0.2) is 33.1 Å². The number of aryl methyl sites for hydroxylation is 1. The summed E-state index contributed by atoms with van der Waals surface area (Å²) in [7, 11) is 4.02. The van der Waals surface area contributed by atoms with Gasteiger partial charge in [0.25, 0.3) is 0 Å². The molecule has 0 unspecified atom stereocenters. The molecule has 5 nitrogen and oxygen atoms in total. The van der Waals surface area contributed by atoms with Gasteiger partial charge in [0.1, 0.15) is 11.6 Å². The van der Waals surface area contributed by atoms with Gasteiger partial charge in [-0.3, -0.25) is 0 Å². The maximum atomic E-state index is 4.51. The highest BCUT2D eigenvalue weighted by Crippen LogP contribution is 2.23. The Morgan fingerprint density at radius 1 is 1.35 bits per heavy atom. The Morgan fingerprint density at radius 2 is 2.20 bits per heavy atom. The molecule has 0 amide bonds. The van der Waals surface area contributed by atoms with E-state index in [0.29, 0.717) is 0 Å². The van der Waals surface area contributed by atoms with E-state index in [4.69, 9.17) is 0 Å². The Bertz CT molecular complexity index is 738. The Morgan fingerprint density at radius 3 is 3.00 bits per heavy atom. The first kappa shape index (κ1) is 12.9. The van der Waals surface area contributed by atoms with E-state index in [9.17, 15) is 0 Å². The van der Waals surface area contributed by atoms with Gasteiger partial charge in [-0.05, 0) is 26.1 Å². The minimum Gasteiger partial charge on any atom is -0.342 e. The Balaban J connectivity index is 1.99. The molecule has 3 rings (SSSR count). The van der Waals surface area contributed by atoms with E-state index in [2.05, 4.69) is 50.1 Å². The zero-order chi connectivity index (χ0) is 14.1. The minimum atomic E-state index is 0.929. The smallest absolute Gasteiger partial charge is 0.110 e. The van der Waals surface area contributed by atoms with Crippen molar-refractivity contribution in [2.45, 2.75) is 13.3 Å². The van der Waals surface area contributed by atoms with Gasteiger partial charge in [-0.1, -0.05) is 6.07 Å². The van der Waals surface area contributed by atoms with Crippen LogP contribution in [0, 0.1) is 6.92 Å². The van der Waals surface area contributed by atoms with Crippen molar-refractivity contribution >= 4 is 11.0 Å². The van der Waals surface area contributed by atoms with E-state index in [1.165, 1.54) is 0 Å². The number of rotatable bonds is 4. The van der Waals surface area contributed by atoms with E-state index < -0.39 is 0 Å². The molecule has 0 spiro atoms. The van der Waals surface area contributed by atoms with Crippen molar-refractivity contribution in [3.63, 3.8) is 0 Å². The van der Waals surface area contributed by atoms with Crippen LogP contribution >= 0.6 is 0 Å². The molecule has 0 saturated carbocycles. The topological polar surface area (TPSA) is 58.5 Å². The lowest BCUT2D eigenvalue weighted by molar-refractivity contribution is 0.720. The molecule has 0 saturated heterocycles. The van der Waals surface area contributed by atoms with Crippen molar-refractivity contribution in [1.29, 1.82) is 0 Å². The third-order valence-electron chi connectivity index (χ3n) is 3.58. The molecule has 0 aliphatic heterocycles. The van der Waals surface area contributed by atoms with Crippen LogP contribution in [0.25, 0.3) is 22.3 Å². The van der Waals surface area contributed by atoms with Crippen LogP contribution < -0.4 is 5.32 Å². The van der Waals surface area contributed by atoms with Crippen molar-refractivity contribution in [2.75, 3.05) is 13.6 Å². The van der Waals surface area contributed by atoms with Gasteiger partial charge in [-0.2, -0.15) is 0 Å². The van der Waals surface area contributed by atoms with Gasteiger partial charge in [-0.25, -0.2) is 9.97 Å². The van der Waals surface area contributed by atoms with Gasteiger partial charge in [-0.15, -0.1) is 0 Å². The van der Waals surface area contributed by atoms with Crippen LogP contribution in [0.15, 0.2) is 24.4 Å². The van der Waals surface area contributed by atoms with Crippen molar-refractivity contribution in [3.05, 3.63) is 36.0 Å². The molecular weight excluding hydrogens is 250 g/mol. The van der Waals surface area contributed by atoms with E-state index in [1.54, 1.807) is 0 Å². The van der Waals surface area contributed by atoms with E-state index >= 15 is 0 Å². The third-order valence-corrected chi connectivity index (χ3v) is 3.58. The summed E-state index contributed by atoms with van der Waals surface area (Å²) in [5, 5.41) is 3.15. The second-order valence-electron chi connectivity index (χ2n) is 5.03. The van der Waals surface area contributed by atoms with Crippen molar-refractivity contribution in [2.24, 2.45) is 7.05 Å². The van der Waals surface area contributed by atoms with Crippen LogP contribution in [0.5, 0.6) is 0 Å². The summed E-state index contributed by atoms with van der Waals surface area (Å²) in [4.78, 5) is 12.2. The highest BCUT2D eigenvalue weighted by molar-refractivity contribution is 5.81. The van der Waals surface area contributed by atoms with E-state index in [1.807, 2.05) is 20.2 Å². The van der Waals surface area contributed by atoms with Crippen LogP contribution in [-0.2, 0) is 13.5 Å². The fraction of sp³-hybridized carbons (Fsp3) is 0.333. The number of benzene rings is 1. The summed E-state index contributed by atoms with van der Waals surface area (Å²) in [6.45, 7) is 2.91. The van der Waals surface area contributed by atoms with Crippen molar-refractivity contribution < 1.29 is 0 Å². The molecule has 0 atom stereocenters. The first-order valence-corrected chi connectivity index (χ1v) is 6.81. The maximum absolute atomic E-state index is 4.51. The molecule has 20 heavy (non-hydrogen) atoms. The Hall–Kier alpha value is -2.14. The molecule has 2 aromatic heterocycles. The zero-order valence-corrected chi connectivity index (χ0v) is 12.1. The third kappa shape index (κ3) is 2.20. The molecule has 0 aliphatic carbocycles. The second kappa shape index (κ2) is 5.09. The highest BCUT2D eigenvalue weighted by atomic mass is 15.1. The van der Waals surface area contributed by atoms with Gasteiger partial charge in [0.2, 0.25) is 0 Å². The van der Waals surface area contributed by atoms with Gasteiger partial charge in [0.05, 0.1) is 22.9 Å². The number of hydrogen-bond acceptors (Lipinski definition) is 3. The van der Waals surface area contributed by atoms with Crippen molar-refractivity contribution in [3.8, 4) is 11.3 Å². The summed E-state index contributed by atoms with van der Waals surface area (Å²) < 4.78 is 2.15. The average molecular weight is 269 g/mol. The summed E-state index contributed by atoms with van der Waals surface area (Å²) in [5.41, 5.74) is 4.36. The molecule has 2 heterocycles. The summed E-state index contributed by atoms with van der Waals surface area (Å²) in [5.74, 6) is 2.03. The first-order valence-electron chi connectivity index (χ1n) is 6.81. The lowest BCUT2D eigenvalue weighted by Gasteiger charge is -2.06. The predicted molar refractivity (Wildman–Crippen MR) is 80.7 cm³/mol. The van der Waals surface area contributed by atoms with Gasteiger partial charge in [0, 0.05) is 25.6 Å². The number of nitrogens with zero attached hydrogens (tertiary/aromatic N) is 3. The molecule has 0 fully saturated rings. The molecule has 2 N–H and O–H groups in total. The number of H-pyrrole nitrogens is 1. The molecular formula is C15H19N5. The largest absolute Gasteiger partial charge is 0.342 e. The van der Waals surface area contributed by atoms with Crippen LogP contribution in [0.4, 0.5) is 0 Å². The number of aromatic amines is 1. The maximum Gasteiger partial charge on any atom is 0.110 e. The quantitative estimate of drug-likeness (QED) is 0.762. The molecule has 3 aromatic rings. The van der Waals surface area contributed by atoms with E-state index in [-0.39, 0.29) is 0 Å². The molecule has 0 radical (unpaired) electrons. The monoisotopic (exact) mass is 269 g/mol. The average Bonchev–Trinajstić information content (AvgIpc) is 2.97. The SMILES string of the molecule is CNCCc1ncc(-c2ccc3nc(C)[nH]c3c2)n1C. The zero-order valence-electron chi connectivity index (χ0n) is 12.1. The number of fused-ring (bicyclic) bond motifs is 1. The standard InChI is InChI=1S/C15H19N5/c1-10-18-12-5-4-11(8-13(12)19-10)14-9-17-15(20(14)3)6-7-16-2/h4-5,8-9,16H,6-7H2,1-3H3,(H,18,19). The van der Waals surface area contributed by atoms with Gasteiger partial charge in [0.15, 0.2) is 0 Å². The second-order valence-corrected chi connectivity index (χ2v) is 5.03. The summed E-state index contributed by atoms with van der Waals surface area (Å²) in [6, 6.07) is 6.28. The Kier molecular flexibility index (Phi) is 3.28. The van der Waals surface area contributed by atoms with Crippen LogP contribution in [0.2, 0.25) is 0 Å². The number of hydrogen-bond donors (Lipinski definition) is 2. The number of nitrogens with one attached hydrogen (secondary N) is 2. The number of aromatic nitrogens is 4. The normalized spacial score (nSPS) is 11.3. The summed E-state index contributed by atoms with van der Waals surface area (Å²) >= 11 is 0. The fourth-order valence-electron chi connectivity index (χ4n) is 2.48. The first-order chi connectivity index (χ1) is 9.69. The molecule has 0 aliphatic rings. The van der Waals surface area contributed by atoms with Crippen LogP contribution in [0.3, 0.4) is 0 Å². The van der Waals surface area contributed by atoms with Crippen LogP contribution in [0.1, 0.15) is 11.6 Å². The molecule has 1 aromatic carbocycles. The molecule has 0 bridgehead atoms. The summed E-state index contributed by atoms with van der Waals surface area (Å²) in [6.07, 6.45) is 2.87. The van der Waals surface area contributed by atoms with Crippen molar-refractivity contribution in [1.82, 2.24) is 24.8 Å². The Labute approximate surface area is 118 Å². The fourth-order valence-corrected chi connectivity index (χ4v) is 2.48. The minimum absolute atomic E-state index is 0.929. The van der Waals surface area contributed by atoms with E-state index in [0.717, 1.165) is 46.9 Å². The molecule has 5 heteroatoms. The molecule has 104 valence electrons.